The molecule has 0 aromatic carbocycles. The average Bonchev–Trinajstić information content (AvgIpc) is 2.17. The second-order valence-corrected chi connectivity index (χ2v) is 2.36. The van der Waals surface area contributed by atoms with Gasteiger partial charge in [0.15, 0.2) is 4.67 Å². The third kappa shape index (κ3) is 1.68. The lowest BCUT2D eigenvalue weighted by Gasteiger charge is -1.81. The van der Waals surface area contributed by atoms with Crippen molar-refractivity contribution in [3.8, 4) is 0 Å². The van der Waals surface area contributed by atoms with Crippen molar-refractivity contribution in [1.82, 2.24) is 0 Å². The Hall–Kier alpha value is -0.570. The predicted molar refractivity (Wildman–Crippen MR) is 36.2 cm³/mol. The van der Waals surface area contributed by atoms with Gasteiger partial charge in [0, 0.05) is 0 Å². The van der Waals surface area contributed by atoms with Crippen molar-refractivity contribution in [3.05, 3.63) is 22.6 Å². The highest BCUT2D eigenvalue weighted by molar-refractivity contribution is 9.10. The summed E-state index contributed by atoms with van der Waals surface area (Å²) in [4.78, 5) is 9.91. The molecule has 1 rings (SSSR count). The molecule has 3 heteroatoms. The first-order chi connectivity index (χ1) is 4.33. The van der Waals surface area contributed by atoms with E-state index in [1.165, 1.54) is 0 Å². The van der Waals surface area contributed by atoms with Gasteiger partial charge in [-0.3, -0.25) is 0 Å². The normalized spacial score (nSPS) is 9.44. The Morgan fingerprint density at radius 3 is 2.89 bits per heavy atom. The molecule has 0 radical (unpaired) electrons. The highest BCUT2D eigenvalue weighted by Gasteiger charge is 1.95. The lowest BCUT2D eigenvalue weighted by molar-refractivity contribution is -0.107. The second kappa shape index (κ2) is 2.82. The van der Waals surface area contributed by atoms with Gasteiger partial charge in [-0.05, 0) is 28.1 Å². The predicted octanol–water partition coefficient (Wildman–Crippen LogP) is 1.78. The van der Waals surface area contributed by atoms with Gasteiger partial charge in [-0.1, -0.05) is 0 Å². The average molecular weight is 189 g/mol. The van der Waals surface area contributed by atoms with Crippen LogP contribution in [0.1, 0.15) is 5.76 Å². The van der Waals surface area contributed by atoms with Crippen molar-refractivity contribution in [2.75, 3.05) is 0 Å². The Morgan fingerprint density at radius 1 is 1.67 bits per heavy atom. The molecule has 0 fully saturated rings. The minimum absolute atomic E-state index is 0.353. The van der Waals surface area contributed by atoms with Crippen molar-refractivity contribution in [2.24, 2.45) is 0 Å². The summed E-state index contributed by atoms with van der Waals surface area (Å²) in [6, 6.07) is 3.53. The maximum absolute atomic E-state index is 9.91. The monoisotopic (exact) mass is 188 g/mol. The minimum atomic E-state index is 0.353. The topological polar surface area (TPSA) is 30.2 Å². The second-order valence-electron chi connectivity index (χ2n) is 1.58. The van der Waals surface area contributed by atoms with Gasteiger partial charge in [-0.25, -0.2) is 0 Å². The zero-order valence-corrected chi connectivity index (χ0v) is 6.22. The van der Waals surface area contributed by atoms with Gasteiger partial charge in [0.25, 0.3) is 0 Å². The van der Waals surface area contributed by atoms with Crippen LogP contribution in [0, 0.1) is 0 Å². The number of halogens is 1. The zero-order chi connectivity index (χ0) is 6.69. The van der Waals surface area contributed by atoms with Crippen LogP contribution in [0.5, 0.6) is 0 Å². The quantitative estimate of drug-likeness (QED) is 0.663. The fraction of sp³-hybridized carbons (Fsp3) is 0.167. The first-order valence-electron chi connectivity index (χ1n) is 2.51. The van der Waals surface area contributed by atoms with Crippen LogP contribution in [0.15, 0.2) is 21.2 Å². The van der Waals surface area contributed by atoms with Crippen LogP contribution < -0.4 is 0 Å². The van der Waals surface area contributed by atoms with Crippen molar-refractivity contribution in [3.63, 3.8) is 0 Å². The molecule has 0 spiro atoms. The van der Waals surface area contributed by atoms with Crippen LogP contribution in [0.2, 0.25) is 0 Å². The van der Waals surface area contributed by atoms with Gasteiger partial charge in [0.1, 0.15) is 12.0 Å². The number of hydrogen-bond acceptors (Lipinski definition) is 2. The smallest absolute Gasteiger partial charge is 0.169 e. The van der Waals surface area contributed by atoms with Crippen molar-refractivity contribution in [2.45, 2.75) is 6.42 Å². The van der Waals surface area contributed by atoms with Crippen LogP contribution in [0.3, 0.4) is 0 Å². The zero-order valence-electron chi connectivity index (χ0n) is 4.63. The fourth-order valence-corrected chi connectivity index (χ4v) is 0.884. The first kappa shape index (κ1) is 6.55. The maximum Gasteiger partial charge on any atom is 0.169 e. The molecule has 0 atom stereocenters. The van der Waals surface area contributed by atoms with Crippen LogP contribution >= 0.6 is 15.9 Å². The SMILES string of the molecule is O=CCc1ccc(Br)o1. The van der Waals surface area contributed by atoms with Gasteiger partial charge in [-0.2, -0.15) is 0 Å². The lowest BCUT2D eigenvalue weighted by Crippen LogP contribution is -1.78. The molecule has 0 saturated heterocycles. The van der Waals surface area contributed by atoms with E-state index in [1.54, 1.807) is 12.1 Å². The summed E-state index contributed by atoms with van der Waals surface area (Å²) in [7, 11) is 0. The number of hydrogen-bond donors (Lipinski definition) is 0. The molecule has 0 N–H and O–H groups in total. The number of aldehydes is 1. The Bertz CT molecular complexity index is 205. The molecule has 1 aromatic heterocycles. The van der Waals surface area contributed by atoms with Crippen LogP contribution in [-0.2, 0) is 11.2 Å². The molecule has 1 aromatic rings. The summed E-state index contributed by atoms with van der Waals surface area (Å²) in [5, 5.41) is 0. The Balaban J connectivity index is 2.72. The highest BCUT2D eigenvalue weighted by Crippen LogP contribution is 2.13. The summed E-state index contributed by atoms with van der Waals surface area (Å²) in [6.45, 7) is 0. The van der Waals surface area contributed by atoms with Crippen LogP contribution in [0.4, 0.5) is 0 Å². The third-order valence-corrected chi connectivity index (χ3v) is 1.34. The minimum Gasteiger partial charge on any atom is -0.454 e. The van der Waals surface area contributed by atoms with E-state index in [0.717, 1.165) is 6.29 Å². The maximum atomic E-state index is 9.91. The van der Waals surface area contributed by atoms with Gasteiger partial charge in [0.2, 0.25) is 0 Å². The Morgan fingerprint density at radius 2 is 2.44 bits per heavy atom. The van der Waals surface area contributed by atoms with Crippen LogP contribution in [0.25, 0.3) is 0 Å². The number of carbonyl (C=O) groups is 1. The molecule has 0 amide bonds. The molecule has 9 heavy (non-hydrogen) atoms. The number of furan rings is 1. The first-order valence-corrected chi connectivity index (χ1v) is 3.30. The fourth-order valence-electron chi connectivity index (χ4n) is 0.544. The van der Waals surface area contributed by atoms with Gasteiger partial charge in [-0.15, -0.1) is 0 Å². The largest absolute Gasteiger partial charge is 0.454 e. The molecular formula is C6H5BrO2. The van der Waals surface area contributed by atoms with E-state index in [0.29, 0.717) is 16.9 Å². The van der Waals surface area contributed by atoms with Gasteiger partial charge >= 0.3 is 0 Å². The summed E-state index contributed by atoms with van der Waals surface area (Å²) in [5.41, 5.74) is 0. The van der Waals surface area contributed by atoms with E-state index < -0.39 is 0 Å². The number of rotatable bonds is 2. The van der Waals surface area contributed by atoms with Crippen molar-refractivity contribution in [1.29, 1.82) is 0 Å². The molecule has 0 saturated carbocycles. The van der Waals surface area contributed by atoms with Crippen LogP contribution in [-0.4, -0.2) is 6.29 Å². The Labute approximate surface area is 61.0 Å². The van der Waals surface area contributed by atoms with E-state index in [1.807, 2.05) is 0 Å². The van der Waals surface area contributed by atoms with Crippen molar-refractivity contribution >= 4 is 22.2 Å². The third-order valence-electron chi connectivity index (χ3n) is 0.913. The highest BCUT2D eigenvalue weighted by atomic mass is 79.9. The van der Waals surface area contributed by atoms with E-state index in [-0.39, 0.29) is 0 Å². The van der Waals surface area contributed by atoms with E-state index in [9.17, 15) is 4.79 Å². The molecule has 0 aliphatic heterocycles. The number of carbonyl (C=O) groups excluding carboxylic acids is 1. The summed E-state index contributed by atoms with van der Waals surface area (Å²) in [6.07, 6.45) is 1.16. The molecule has 0 bridgehead atoms. The molecule has 0 aliphatic rings. The standard InChI is InChI=1S/C6H5BrO2/c7-6-2-1-5(9-6)3-4-8/h1-2,4H,3H2. The van der Waals surface area contributed by atoms with E-state index in [4.69, 9.17) is 4.42 Å². The molecule has 0 aliphatic carbocycles. The van der Waals surface area contributed by atoms with Crippen molar-refractivity contribution < 1.29 is 9.21 Å². The molecule has 1 heterocycles. The molecule has 48 valence electrons. The Kier molecular flexibility index (Phi) is 2.05. The van der Waals surface area contributed by atoms with Gasteiger partial charge < -0.3 is 9.21 Å². The molecule has 0 unspecified atom stereocenters. The molecular weight excluding hydrogens is 184 g/mol. The summed E-state index contributed by atoms with van der Waals surface area (Å²) < 4.78 is 5.68. The lowest BCUT2D eigenvalue weighted by atomic mass is 10.4. The molecule has 2 nitrogen and oxygen atoms in total. The van der Waals surface area contributed by atoms with E-state index >= 15 is 0 Å². The van der Waals surface area contributed by atoms with E-state index in [2.05, 4.69) is 15.9 Å². The van der Waals surface area contributed by atoms with Gasteiger partial charge in [0.05, 0.1) is 6.42 Å². The summed E-state index contributed by atoms with van der Waals surface area (Å²) in [5.74, 6) is 0.692. The summed E-state index contributed by atoms with van der Waals surface area (Å²) >= 11 is 3.12.